The Morgan fingerprint density at radius 3 is 2.61 bits per heavy atom. The molecule has 3 fully saturated rings. The molecule has 36 heavy (non-hydrogen) atoms. The molecule has 0 radical (unpaired) electrons. The average molecular weight is 488 g/mol. The van der Waals surface area contributed by atoms with Crippen LogP contribution in [0.15, 0.2) is 66.7 Å². The number of hydrogen-bond acceptors (Lipinski definition) is 5. The summed E-state index contributed by atoms with van der Waals surface area (Å²) in [5.41, 5.74) is 2.85. The number of ether oxygens (including phenoxy) is 2. The molecular weight excluding hydrogens is 457 g/mol. The van der Waals surface area contributed by atoms with E-state index in [2.05, 4.69) is 12.2 Å². The van der Waals surface area contributed by atoms with Crippen LogP contribution in [0.5, 0.6) is 5.88 Å². The van der Waals surface area contributed by atoms with Crippen LogP contribution in [0.1, 0.15) is 30.9 Å². The lowest BCUT2D eigenvalue weighted by atomic mass is 9.89. The van der Waals surface area contributed by atoms with E-state index in [-0.39, 0.29) is 24.6 Å². The van der Waals surface area contributed by atoms with Crippen LogP contribution in [-0.4, -0.2) is 41.7 Å². The molecule has 2 aromatic carbocycles. The van der Waals surface area contributed by atoms with Crippen molar-refractivity contribution in [1.82, 2.24) is 15.2 Å². The van der Waals surface area contributed by atoms with E-state index in [4.69, 9.17) is 14.5 Å². The van der Waals surface area contributed by atoms with Crippen LogP contribution < -0.4 is 10.1 Å². The maximum atomic E-state index is 13.6. The van der Waals surface area contributed by atoms with Gasteiger partial charge >= 0.3 is 6.09 Å². The fraction of sp³-hybridized carbons (Fsp3) is 0.379. The third-order valence-corrected chi connectivity index (χ3v) is 7.90. The molecule has 4 atom stereocenters. The van der Waals surface area contributed by atoms with Crippen LogP contribution in [0, 0.1) is 17.7 Å². The highest BCUT2D eigenvalue weighted by Crippen LogP contribution is 2.46. The summed E-state index contributed by atoms with van der Waals surface area (Å²) < 4.78 is 25.7. The number of benzene rings is 2. The van der Waals surface area contributed by atoms with Crippen LogP contribution in [0.2, 0.25) is 0 Å². The topological polar surface area (TPSA) is 63.7 Å². The molecule has 2 saturated heterocycles. The van der Waals surface area contributed by atoms with Gasteiger partial charge in [-0.2, -0.15) is 0 Å². The van der Waals surface area contributed by atoms with Gasteiger partial charge in [0.15, 0.2) is 0 Å². The Morgan fingerprint density at radius 1 is 1.11 bits per heavy atom. The number of hydrogen-bond donors (Lipinski definition) is 1. The van der Waals surface area contributed by atoms with E-state index in [0.717, 1.165) is 42.6 Å². The molecule has 3 heterocycles. The zero-order valence-electron chi connectivity index (χ0n) is 20.3. The second-order valence-corrected chi connectivity index (χ2v) is 10.2. The van der Waals surface area contributed by atoms with Crippen LogP contribution in [-0.2, 0) is 16.9 Å². The zero-order valence-corrected chi connectivity index (χ0v) is 20.3. The summed E-state index contributed by atoms with van der Waals surface area (Å²) in [6, 6.07) is 20.0. The van der Waals surface area contributed by atoms with Gasteiger partial charge in [0.05, 0.1) is 11.2 Å². The maximum absolute atomic E-state index is 13.6. The predicted octanol–water partition coefficient (Wildman–Crippen LogP) is 5.13. The lowest BCUT2D eigenvalue weighted by molar-refractivity contribution is 0.0691. The average Bonchev–Trinajstić information content (AvgIpc) is 3.22. The molecule has 0 bridgehead atoms. The molecule has 186 valence electrons. The Labute approximate surface area is 210 Å². The van der Waals surface area contributed by atoms with Gasteiger partial charge in [0.2, 0.25) is 5.88 Å². The molecule has 3 aromatic rings. The first-order valence-electron chi connectivity index (χ1n) is 12.7. The highest BCUT2D eigenvalue weighted by molar-refractivity contribution is 5.70. The monoisotopic (exact) mass is 487 g/mol. The van der Waals surface area contributed by atoms with E-state index < -0.39 is 5.54 Å². The number of carbonyl (C=O) groups is 1. The Kier molecular flexibility index (Phi) is 5.88. The number of carbonyl (C=O) groups excluding carboxylic acids is 1. The summed E-state index contributed by atoms with van der Waals surface area (Å²) in [7, 11) is 0. The van der Waals surface area contributed by atoms with Gasteiger partial charge in [0, 0.05) is 43.1 Å². The lowest BCUT2D eigenvalue weighted by Gasteiger charge is -2.35. The van der Waals surface area contributed by atoms with Crippen molar-refractivity contribution < 1.29 is 18.7 Å². The summed E-state index contributed by atoms with van der Waals surface area (Å²) in [4.78, 5) is 19.8. The number of piperidine rings is 1. The quantitative estimate of drug-likeness (QED) is 0.522. The Balaban J connectivity index is 1.30. The third kappa shape index (κ3) is 4.32. The summed E-state index contributed by atoms with van der Waals surface area (Å²) in [5, 5.41) is 3.39. The highest BCUT2D eigenvalue weighted by atomic mass is 19.1. The molecule has 1 unspecified atom stereocenters. The van der Waals surface area contributed by atoms with Gasteiger partial charge in [0.1, 0.15) is 18.5 Å². The van der Waals surface area contributed by atoms with Gasteiger partial charge < -0.3 is 14.8 Å². The van der Waals surface area contributed by atoms with E-state index in [1.165, 1.54) is 12.1 Å². The van der Waals surface area contributed by atoms with Crippen LogP contribution >= 0.6 is 0 Å². The van der Waals surface area contributed by atoms with Crippen LogP contribution in [0.25, 0.3) is 11.3 Å². The molecule has 3 aliphatic rings. The Hall–Kier alpha value is -3.45. The smallest absolute Gasteiger partial charge is 0.410 e. The molecule has 1 amide bonds. The normalized spacial score (nSPS) is 26.5. The molecule has 1 aliphatic carbocycles. The number of rotatable bonds is 6. The summed E-state index contributed by atoms with van der Waals surface area (Å²) in [6.45, 7) is 4.87. The van der Waals surface area contributed by atoms with Crippen molar-refractivity contribution in [3.63, 3.8) is 0 Å². The maximum Gasteiger partial charge on any atom is 0.410 e. The third-order valence-electron chi connectivity index (χ3n) is 7.90. The molecule has 7 heteroatoms. The highest BCUT2D eigenvalue weighted by Gasteiger charge is 2.55. The number of fused-ring (bicyclic) bond motifs is 1. The molecule has 1 aromatic heterocycles. The standard InChI is InChI=1S/C29H30FN3O3/c1-29(12-5-13-33(29)28(34)35-18-19-6-3-2-4-7-19)21-14-25(20-8-10-22(30)11-9-20)32-26(15-21)36-27-23-16-31-17-24(23)27/h2-4,6-11,14-15,23-24,27,31H,5,12-13,16-18H2,1H3/t23-,24+,27-,29?. The second-order valence-electron chi connectivity index (χ2n) is 10.2. The Bertz CT molecular complexity index is 1240. The number of pyridine rings is 1. The van der Waals surface area contributed by atoms with Crippen LogP contribution in [0.4, 0.5) is 9.18 Å². The van der Waals surface area contributed by atoms with E-state index in [9.17, 15) is 9.18 Å². The van der Waals surface area contributed by atoms with Gasteiger partial charge in [-0.05, 0) is 61.2 Å². The van der Waals surface area contributed by atoms with E-state index >= 15 is 0 Å². The Morgan fingerprint density at radius 2 is 1.86 bits per heavy atom. The summed E-state index contributed by atoms with van der Waals surface area (Å²) >= 11 is 0. The number of amides is 1. The number of aromatic nitrogens is 1. The molecule has 0 spiro atoms. The summed E-state index contributed by atoms with van der Waals surface area (Å²) in [6.07, 6.45) is 1.51. The van der Waals surface area contributed by atoms with Crippen molar-refractivity contribution in [2.75, 3.05) is 19.6 Å². The number of likely N-dealkylation sites (tertiary alicyclic amines) is 1. The molecule has 1 saturated carbocycles. The van der Waals surface area contributed by atoms with Crippen molar-refractivity contribution in [2.24, 2.45) is 11.8 Å². The molecule has 6 nitrogen and oxygen atoms in total. The van der Waals surface area contributed by atoms with E-state index in [1.54, 1.807) is 12.1 Å². The van der Waals surface area contributed by atoms with Gasteiger partial charge in [-0.3, -0.25) is 4.90 Å². The predicted molar refractivity (Wildman–Crippen MR) is 134 cm³/mol. The lowest BCUT2D eigenvalue weighted by Crippen LogP contribution is -2.43. The first-order valence-corrected chi connectivity index (χ1v) is 12.7. The summed E-state index contributed by atoms with van der Waals surface area (Å²) in [5.74, 6) is 1.31. The van der Waals surface area contributed by atoms with Gasteiger partial charge in [-0.25, -0.2) is 14.2 Å². The molecular formula is C29H30FN3O3. The van der Waals surface area contributed by atoms with Crippen LogP contribution in [0.3, 0.4) is 0 Å². The van der Waals surface area contributed by atoms with Crippen molar-refractivity contribution in [2.45, 2.75) is 38.0 Å². The van der Waals surface area contributed by atoms with E-state index in [1.807, 2.05) is 47.4 Å². The molecule has 1 N–H and O–H groups in total. The molecule has 2 aliphatic heterocycles. The molecule has 6 rings (SSSR count). The first-order chi connectivity index (χ1) is 17.5. The minimum absolute atomic E-state index is 0.165. The van der Waals surface area contributed by atoms with Gasteiger partial charge in [0.25, 0.3) is 0 Å². The SMILES string of the molecule is CC1(c2cc(O[C@@H]3[C@@H]4CNC[C@@H]43)nc(-c3ccc(F)cc3)c2)CCCN1C(=O)OCc1ccccc1. The second kappa shape index (κ2) is 9.21. The van der Waals surface area contributed by atoms with Crippen molar-refractivity contribution >= 4 is 6.09 Å². The van der Waals surface area contributed by atoms with Gasteiger partial charge in [-0.15, -0.1) is 0 Å². The van der Waals surface area contributed by atoms with Gasteiger partial charge in [-0.1, -0.05) is 30.3 Å². The van der Waals surface area contributed by atoms with E-state index in [0.29, 0.717) is 30.0 Å². The fourth-order valence-electron chi connectivity index (χ4n) is 5.67. The fourth-order valence-corrected chi connectivity index (χ4v) is 5.67. The number of nitrogens with one attached hydrogen (secondary N) is 1. The van der Waals surface area contributed by atoms with Crippen molar-refractivity contribution in [3.05, 3.63) is 83.7 Å². The number of halogens is 1. The number of nitrogens with zero attached hydrogens (tertiary/aromatic N) is 2. The first kappa shape index (κ1) is 23.0. The minimum atomic E-state index is -0.565. The zero-order chi connectivity index (χ0) is 24.7. The van der Waals surface area contributed by atoms with Crippen molar-refractivity contribution in [3.8, 4) is 17.1 Å². The van der Waals surface area contributed by atoms with Crippen molar-refractivity contribution in [1.29, 1.82) is 0 Å². The largest absolute Gasteiger partial charge is 0.474 e. The minimum Gasteiger partial charge on any atom is -0.474 e.